The second-order valence-corrected chi connectivity index (χ2v) is 13.0. The zero-order chi connectivity index (χ0) is 30.9. The van der Waals surface area contributed by atoms with Gasteiger partial charge in [-0.2, -0.15) is 0 Å². The van der Waals surface area contributed by atoms with Crippen LogP contribution in [0, 0.1) is 13.8 Å². The van der Waals surface area contributed by atoms with Crippen LogP contribution in [0.3, 0.4) is 0 Å². The summed E-state index contributed by atoms with van der Waals surface area (Å²) in [6.07, 6.45) is 0. The Labute approximate surface area is 271 Å². The van der Waals surface area contributed by atoms with Crippen molar-refractivity contribution in [3.8, 4) is 22.3 Å². The molecule has 0 aliphatic heterocycles. The Morgan fingerprint density at radius 1 is 0.283 bits per heavy atom. The van der Waals surface area contributed by atoms with E-state index in [2.05, 4.69) is 184 Å². The third-order valence-corrected chi connectivity index (χ3v) is 10.5. The predicted molar refractivity (Wildman–Crippen MR) is 191 cm³/mol. The van der Waals surface area contributed by atoms with E-state index in [1.54, 1.807) is 0 Å². The summed E-state index contributed by atoms with van der Waals surface area (Å²) in [7, 11) is 0. The third kappa shape index (κ3) is 3.50. The number of fused-ring (bicyclic) bond motifs is 6. The maximum atomic E-state index is 2.56. The highest BCUT2D eigenvalue weighted by atomic mass is 14.5. The second-order valence-electron chi connectivity index (χ2n) is 13.0. The normalized spacial score (nSPS) is 14.7. The van der Waals surface area contributed by atoms with Gasteiger partial charge in [0.05, 0.1) is 10.8 Å². The van der Waals surface area contributed by atoms with Crippen molar-refractivity contribution in [3.63, 3.8) is 0 Å². The fourth-order valence-corrected chi connectivity index (χ4v) is 8.69. The Morgan fingerprint density at radius 3 is 0.870 bits per heavy atom. The molecule has 0 saturated carbocycles. The zero-order valence-electron chi connectivity index (χ0n) is 26.2. The molecule has 0 spiro atoms. The van der Waals surface area contributed by atoms with Crippen LogP contribution in [0.1, 0.15) is 55.6 Å². The highest BCUT2D eigenvalue weighted by Gasteiger charge is 2.51. The summed E-state index contributed by atoms with van der Waals surface area (Å²) < 4.78 is 0. The maximum absolute atomic E-state index is 2.56. The van der Waals surface area contributed by atoms with Crippen molar-refractivity contribution < 1.29 is 0 Å². The Morgan fingerprint density at radius 2 is 0.565 bits per heavy atom. The minimum atomic E-state index is -0.441. The first-order chi connectivity index (χ1) is 22.6. The van der Waals surface area contributed by atoms with E-state index in [4.69, 9.17) is 0 Å². The molecular weight excluding hydrogens is 553 g/mol. The van der Waals surface area contributed by atoms with Gasteiger partial charge in [-0.05, 0) is 92.7 Å². The van der Waals surface area contributed by atoms with Crippen molar-refractivity contribution in [1.29, 1.82) is 0 Å². The summed E-state index contributed by atoms with van der Waals surface area (Å²) in [5.74, 6) is 0. The molecule has 0 bridgehead atoms. The number of aryl methyl sites for hydroxylation is 2. The van der Waals surface area contributed by atoms with Crippen LogP contribution in [0.15, 0.2) is 170 Å². The van der Waals surface area contributed by atoms with Crippen molar-refractivity contribution >= 4 is 0 Å². The molecule has 7 aromatic rings. The minimum absolute atomic E-state index is 0.441. The van der Waals surface area contributed by atoms with Gasteiger partial charge >= 0.3 is 0 Å². The van der Waals surface area contributed by atoms with E-state index in [1.165, 1.54) is 77.9 Å². The lowest BCUT2D eigenvalue weighted by molar-refractivity contribution is 0.758. The lowest BCUT2D eigenvalue weighted by Crippen LogP contribution is -2.30. The molecule has 0 fully saturated rings. The molecule has 2 aliphatic rings. The van der Waals surface area contributed by atoms with Crippen LogP contribution in [0.25, 0.3) is 22.3 Å². The van der Waals surface area contributed by atoms with Crippen LogP contribution in [-0.2, 0) is 10.8 Å². The van der Waals surface area contributed by atoms with Gasteiger partial charge in [0.25, 0.3) is 0 Å². The first-order valence-electron chi connectivity index (χ1n) is 16.3. The molecule has 0 N–H and O–H groups in total. The third-order valence-electron chi connectivity index (χ3n) is 10.5. The first kappa shape index (κ1) is 26.9. The summed E-state index contributed by atoms with van der Waals surface area (Å²) in [6, 6.07) is 63.8. The van der Waals surface area contributed by atoms with Gasteiger partial charge in [-0.25, -0.2) is 0 Å². The Kier molecular flexibility index (Phi) is 5.86. The van der Waals surface area contributed by atoms with E-state index >= 15 is 0 Å². The van der Waals surface area contributed by atoms with Crippen LogP contribution < -0.4 is 0 Å². The quantitative estimate of drug-likeness (QED) is 0.192. The topological polar surface area (TPSA) is 0 Å². The summed E-state index contributed by atoms with van der Waals surface area (Å²) >= 11 is 0. The predicted octanol–water partition coefficient (Wildman–Crippen LogP) is 11.0. The standard InChI is InChI=1S/C46H34/c1-31-23-25-37-39-29-44-40(30-43(39)45(41(37)27-31,33-15-7-3-8-16-33)34-17-9-4-10-18-34)38-26-24-32(2)28-42(38)46(44,35-19-11-5-12-20-35)36-21-13-6-14-22-36/h3-30H,1-2H3. The van der Waals surface area contributed by atoms with Crippen molar-refractivity contribution in [2.24, 2.45) is 0 Å². The molecule has 0 heteroatoms. The number of benzene rings is 7. The van der Waals surface area contributed by atoms with E-state index in [9.17, 15) is 0 Å². The number of hydrogen-bond donors (Lipinski definition) is 0. The van der Waals surface area contributed by atoms with Crippen LogP contribution in [-0.4, -0.2) is 0 Å². The molecule has 218 valence electrons. The summed E-state index contributed by atoms with van der Waals surface area (Å²) in [5.41, 5.74) is 17.6. The minimum Gasteiger partial charge on any atom is -0.0622 e. The molecule has 0 aromatic heterocycles. The lowest BCUT2D eigenvalue weighted by Gasteiger charge is -2.35. The molecular formula is C46H34. The first-order valence-corrected chi connectivity index (χ1v) is 16.3. The Bertz CT molecular complexity index is 2000. The Balaban J connectivity index is 1.47. The van der Waals surface area contributed by atoms with E-state index < -0.39 is 10.8 Å². The van der Waals surface area contributed by atoms with Gasteiger partial charge in [0.15, 0.2) is 0 Å². The molecule has 46 heavy (non-hydrogen) atoms. The highest BCUT2D eigenvalue weighted by molar-refractivity contribution is 5.94. The van der Waals surface area contributed by atoms with Crippen molar-refractivity contribution in [1.82, 2.24) is 0 Å². The van der Waals surface area contributed by atoms with E-state index in [0.29, 0.717) is 0 Å². The molecule has 0 amide bonds. The summed E-state index contributed by atoms with van der Waals surface area (Å²) in [5, 5.41) is 0. The number of hydrogen-bond acceptors (Lipinski definition) is 0. The zero-order valence-corrected chi connectivity index (χ0v) is 26.2. The summed E-state index contributed by atoms with van der Waals surface area (Å²) in [6.45, 7) is 4.44. The van der Waals surface area contributed by atoms with Crippen LogP contribution in [0.2, 0.25) is 0 Å². The molecule has 7 aromatic carbocycles. The smallest absolute Gasteiger partial charge is 0.0622 e. The van der Waals surface area contributed by atoms with Gasteiger partial charge in [-0.15, -0.1) is 0 Å². The fraction of sp³-hybridized carbons (Fsp3) is 0.0870. The van der Waals surface area contributed by atoms with Gasteiger partial charge in [-0.3, -0.25) is 0 Å². The monoisotopic (exact) mass is 586 g/mol. The van der Waals surface area contributed by atoms with E-state index in [-0.39, 0.29) is 0 Å². The van der Waals surface area contributed by atoms with Crippen molar-refractivity contribution in [3.05, 3.63) is 225 Å². The Hall–Kier alpha value is -5.46. The maximum Gasteiger partial charge on any atom is 0.0713 e. The molecule has 2 aliphatic carbocycles. The van der Waals surface area contributed by atoms with Crippen molar-refractivity contribution in [2.45, 2.75) is 24.7 Å². The lowest BCUT2D eigenvalue weighted by atomic mass is 9.66. The summed E-state index contributed by atoms with van der Waals surface area (Å²) in [4.78, 5) is 0. The van der Waals surface area contributed by atoms with Gasteiger partial charge in [0, 0.05) is 0 Å². The van der Waals surface area contributed by atoms with Crippen LogP contribution in [0.4, 0.5) is 0 Å². The van der Waals surface area contributed by atoms with Crippen LogP contribution in [0.5, 0.6) is 0 Å². The largest absolute Gasteiger partial charge is 0.0713 e. The van der Waals surface area contributed by atoms with Crippen molar-refractivity contribution in [2.75, 3.05) is 0 Å². The van der Waals surface area contributed by atoms with E-state index in [1.807, 2.05) is 0 Å². The van der Waals surface area contributed by atoms with Gasteiger partial charge in [-0.1, -0.05) is 169 Å². The van der Waals surface area contributed by atoms with Gasteiger partial charge in [0.1, 0.15) is 0 Å². The SMILES string of the molecule is Cc1ccc2c(c1)C(c1ccccc1)(c1ccccc1)c1cc3c(cc1-2)C(c1ccccc1)(c1ccccc1)c1cc(C)ccc1-3. The molecule has 0 heterocycles. The van der Waals surface area contributed by atoms with Gasteiger partial charge in [0.2, 0.25) is 0 Å². The second kappa shape index (κ2) is 10.0. The molecule has 0 atom stereocenters. The molecule has 0 nitrogen and oxygen atoms in total. The fourth-order valence-electron chi connectivity index (χ4n) is 8.69. The highest BCUT2D eigenvalue weighted by Crippen LogP contribution is 2.62. The number of rotatable bonds is 4. The molecule has 9 rings (SSSR count). The van der Waals surface area contributed by atoms with Gasteiger partial charge < -0.3 is 0 Å². The average Bonchev–Trinajstić information content (AvgIpc) is 3.55. The van der Waals surface area contributed by atoms with E-state index in [0.717, 1.165) is 0 Å². The van der Waals surface area contributed by atoms with Crippen LogP contribution >= 0.6 is 0 Å². The molecule has 0 radical (unpaired) electrons. The molecule has 0 unspecified atom stereocenters. The molecule has 0 saturated heterocycles. The average molecular weight is 587 g/mol.